The Morgan fingerprint density at radius 1 is 1.24 bits per heavy atom. The van der Waals surface area contributed by atoms with E-state index in [1.54, 1.807) is 31.4 Å². The van der Waals surface area contributed by atoms with E-state index in [0.717, 1.165) is 15.8 Å². The maximum atomic E-state index is 11.9. The van der Waals surface area contributed by atoms with Crippen molar-refractivity contribution in [2.24, 2.45) is 0 Å². The SMILES string of the molecule is COc1ccc(/C=C/C(=O)Nc2ccc(Cl)cc2Br)cc1. The molecule has 0 aromatic heterocycles. The van der Waals surface area contributed by atoms with E-state index in [2.05, 4.69) is 21.2 Å². The molecular weight excluding hydrogens is 354 g/mol. The van der Waals surface area contributed by atoms with Crippen molar-refractivity contribution in [2.75, 3.05) is 12.4 Å². The minimum absolute atomic E-state index is 0.214. The Labute approximate surface area is 136 Å². The third-order valence-corrected chi connectivity index (χ3v) is 3.62. The van der Waals surface area contributed by atoms with Crippen LogP contribution in [0.4, 0.5) is 5.69 Å². The molecule has 0 spiro atoms. The van der Waals surface area contributed by atoms with Gasteiger partial charge in [0.2, 0.25) is 5.91 Å². The molecule has 1 amide bonds. The highest BCUT2D eigenvalue weighted by molar-refractivity contribution is 9.10. The maximum absolute atomic E-state index is 11.9. The van der Waals surface area contributed by atoms with Gasteiger partial charge in [0, 0.05) is 15.6 Å². The maximum Gasteiger partial charge on any atom is 0.248 e. The number of amides is 1. The van der Waals surface area contributed by atoms with Crippen molar-refractivity contribution in [3.63, 3.8) is 0 Å². The number of carbonyl (C=O) groups excluding carboxylic acids is 1. The zero-order chi connectivity index (χ0) is 15.2. The van der Waals surface area contributed by atoms with Crippen molar-refractivity contribution in [3.05, 3.63) is 63.6 Å². The van der Waals surface area contributed by atoms with Gasteiger partial charge >= 0.3 is 0 Å². The molecule has 0 bridgehead atoms. The topological polar surface area (TPSA) is 38.3 Å². The van der Waals surface area contributed by atoms with Gasteiger partial charge in [0.1, 0.15) is 5.75 Å². The number of methoxy groups -OCH3 is 1. The van der Waals surface area contributed by atoms with Crippen LogP contribution >= 0.6 is 27.5 Å². The number of nitrogens with one attached hydrogen (secondary N) is 1. The van der Waals surface area contributed by atoms with E-state index in [1.807, 2.05) is 24.3 Å². The molecule has 1 N–H and O–H groups in total. The Hall–Kier alpha value is -1.78. The lowest BCUT2D eigenvalue weighted by Gasteiger charge is -2.05. The molecule has 0 heterocycles. The zero-order valence-electron chi connectivity index (χ0n) is 11.3. The minimum Gasteiger partial charge on any atom is -0.497 e. The second-order valence-electron chi connectivity index (χ2n) is 4.22. The van der Waals surface area contributed by atoms with Crippen molar-refractivity contribution in [1.82, 2.24) is 0 Å². The van der Waals surface area contributed by atoms with E-state index in [9.17, 15) is 4.79 Å². The number of anilines is 1. The molecule has 0 saturated heterocycles. The Morgan fingerprint density at radius 3 is 2.57 bits per heavy atom. The van der Waals surface area contributed by atoms with Gasteiger partial charge < -0.3 is 10.1 Å². The molecule has 0 atom stereocenters. The number of ether oxygens (including phenoxy) is 1. The molecule has 2 rings (SSSR count). The van der Waals surface area contributed by atoms with E-state index in [-0.39, 0.29) is 5.91 Å². The molecule has 0 aliphatic carbocycles. The van der Waals surface area contributed by atoms with Crippen molar-refractivity contribution in [1.29, 1.82) is 0 Å². The second-order valence-corrected chi connectivity index (χ2v) is 5.51. The average Bonchev–Trinajstić information content (AvgIpc) is 2.48. The molecule has 0 radical (unpaired) electrons. The summed E-state index contributed by atoms with van der Waals surface area (Å²) >= 11 is 9.20. The Bertz CT molecular complexity index is 668. The normalized spacial score (nSPS) is 10.6. The predicted molar refractivity (Wildman–Crippen MR) is 89.8 cm³/mol. The first-order chi connectivity index (χ1) is 10.1. The lowest BCUT2D eigenvalue weighted by molar-refractivity contribution is -0.111. The molecule has 0 aliphatic rings. The minimum atomic E-state index is -0.214. The Balaban J connectivity index is 2.01. The molecule has 2 aromatic rings. The van der Waals surface area contributed by atoms with Crippen LogP contribution in [-0.2, 0) is 4.79 Å². The summed E-state index contributed by atoms with van der Waals surface area (Å²) in [5, 5.41) is 3.38. The van der Waals surface area contributed by atoms with Gasteiger partial charge in [-0.2, -0.15) is 0 Å². The second kappa shape index (κ2) is 7.29. The van der Waals surface area contributed by atoms with Gasteiger partial charge in [-0.1, -0.05) is 23.7 Å². The highest BCUT2D eigenvalue weighted by atomic mass is 79.9. The number of carbonyl (C=O) groups is 1. The number of hydrogen-bond acceptors (Lipinski definition) is 2. The molecule has 0 fully saturated rings. The van der Waals surface area contributed by atoms with E-state index in [4.69, 9.17) is 16.3 Å². The van der Waals surface area contributed by atoms with E-state index < -0.39 is 0 Å². The third-order valence-electron chi connectivity index (χ3n) is 2.73. The molecule has 0 unspecified atom stereocenters. The van der Waals surface area contributed by atoms with Crippen LogP contribution in [0.2, 0.25) is 5.02 Å². The number of rotatable bonds is 4. The van der Waals surface area contributed by atoms with Crippen LogP contribution in [-0.4, -0.2) is 13.0 Å². The lowest BCUT2D eigenvalue weighted by atomic mass is 10.2. The summed E-state index contributed by atoms with van der Waals surface area (Å²) < 4.78 is 5.81. The van der Waals surface area contributed by atoms with Gasteiger partial charge in [0.15, 0.2) is 0 Å². The zero-order valence-corrected chi connectivity index (χ0v) is 13.6. The lowest BCUT2D eigenvalue weighted by Crippen LogP contribution is -2.08. The van der Waals surface area contributed by atoms with E-state index >= 15 is 0 Å². The van der Waals surface area contributed by atoms with Crippen LogP contribution in [0.3, 0.4) is 0 Å². The molecule has 2 aromatic carbocycles. The van der Waals surface area contributed by atoms with Crippen molar-refractivity contribution in [2.45, 2.75) is 0 Å². The number of benzene rings is 2. The summed E-state index contributed by atoms with van der Waals surface area (Å²) in [6, 6.07) is 12.6. The van der Waals surface area contributed by atoms with Crippen LogP contribution in [0.25, 0.3) is 6.08 Å². The summed E-state index contributed by atoms with van der Waals surface area (Å²) in [4.78, 5) is 11.9. The van der Waals surface area contributed by atoms with Gasteiger partial charge in [0.25, 0.3) is 0 Å². The fourth-order valence-electron chi connectivity index (χ4n) is 1.65. The first kappa shape index (κ1) is 15.6. The third kappa shape index (κ3) is 4.62. The van der Waals surface area contributed by atoms with Gasteiger partial charge in [-0.05, 0) is 57.9 Å². The predicted octanol–water partition coefficient (Wildman–Crippen LogP) is 4.76. The van der Waals surface area contributed by atoms with Crippen LogP contribution in [0, 0.1) is 0 Å². The fourth-order valence-corrected chi connectivity index (χ4v) is 2.43. The van der Waals surface area contributed by atoms with E-state index in [0.29, 0.717) is 10.7 Å². The molecule has 0 saturated carbocycles. The fraction of sp³-hybridized carbons (Fsp3) is 0.0625. The monoisotopic (exact) mass is 365 g/mol. The quantitative estimate of drug-likeness (QED) is 0.792. The summed E-state index contributed by atoms with van der Waals surface area (Å²) in [6.45, 7) is 0. The van der Waals surface area contributed by atoms with Crippen molar-refractivity contribution >= 4 is 45.2 Å². The highest BCUT2D eigenvalue weighted by Gasteiger charge is 2.03. The number of halogens is 2. The first-order valence-electron chi connectivity index (χ1n) is 6.16. The molecule has 3 nitrogen and oxygen atoms in total. The Kier molecular flexibility index (Phi) is 5.42. The molecule has 5 heteroatoms. The largest absolute Gasteiger partial charge is 0.497 e. The average molecular weight is 367 g/mol. The summed E-state index contributed by atoms with van der Waals surface area (Å²) in [7, 11) is 1.61. The standard InChI is InChI=1S/C16H13BrClNO2/c1-21-13-6-2-11(3-7-13)4-9-16(20)19-15-8-5-12(18)10-14(15)17/h2-10H,1H3,(H,19,20)/b9-4+. The van der Waals surface area contributed by atoms with Crippen LogP contribution in [0.1, 0.15) is 5.56 Å². The molecule has 0 aliphatic heterocycles. The molecule has 21 heavy (non-hydrogen) atoms. The van der Waals surface area contributed by atoms with Crippen molar-refractivity contribution in [3.8, 4) is 5.75 Å². The smallest absolute Gasteiger partial charge is 0.248 e. The van der Waals surface area contributed by atoms with Gasteiger partial charge in [-0.25, -0.2) is 0 Å². The molecule has 108 valence electrons. The summed E-state index contributed by atoms with van der Waals surface area (Å²) in [5.41, 5.74) is 1.59. The molecular formula is C16H13BrClNO2. The van der Waals surface area contributed by atoms with Crippen LogP contribution in [0.5, 0.6) is 5.75 Å². The first-order valence-corrected chi connectivity index (χ1v) is 7.34. The van der Waals surface area contributed by atoms with Crippen LogP contribution in [0.15, 0.2) is 53.0 Å². The van der Waals surface area contributed by atoms with Gasteiger partial charge in [0.05, 0.1) is 12.8 Å². The van der Waals surface area contributed by atoms with E-state index in [1.165, 1.54) is 6.08 Å². The number of hydrogen-bond donors (Lipinski definition) is 1. The highest BCUT2D eigenvalue weighted by Crippen LogP contribution is 2.25. The summed E-state index contributed by atoms with van der Waals surface area (Å²) in [5.74, 6) is 0.565. The summed E-state index contributed by atoms with van der Waals surface area (Å²) in [6.07, 6.45) is 3.21. The van der Waals surface area contributed by atoms with Crippen molar-refractivity contribution < 1.29 is 9.53 Å². The van der Waals surface area contributed by atoms with Gasteiger partial charge in [-0.3, -0.25) is 4.79 Å². The van der Waals surface area contributed by atoms with Crippen LogP contribution < -0.4 is 10.1 Å². The van der Waals surface area contributed by atoms with Gasteiger partial charge in [-0.15, -0.1) is 0 Å². The Morgan fingerprint density at radius 2 is 1.95 bits per heavy atom.